The molecule has 0 spiro atoms. The number of carbonyl (C=O) groups excluding carboxylic acids is 2. The van der Waals surface area contributed by atoms with Crippen LogP contribution in [0.25, 0.3) is 0 Å². The first-order chi connectivity index (χ1) is 11.7. The second-order valence-electron chi connectivity index (χ2n) is 7.11. The fourth-order valence-electron chi connectivity index (χ4n) is 4.02. The van der Waals surface area contributed by atoms with Gasteiger partial charge in [-0.3, -0.25) is 9.59 Å². The summed E-state index contributed by atoms with van der Waals surface area (Å²) in [5.74, 6) is 0.755. The fourth-order valence-corrected chi connectivity index (χ4v) is 4.02. The molecule has 2 amide bonds. The third-order valence-electron chi connectivity index (χ3n) is 5.42. The lowest BCUT2D eigenvalue weighted by Gasteiger charge is -2.25. The lowest BCUT2D eigenvalue weighted by atomic mass is 9.83. The Morgan fingerprint density at radius 2 is 1.79 bits per heavy atom. The molecule has 2 aliphatic rings. The van der Waals surface area contributed by atoms with Crippen LogP contribution in [0, 0.1) is 5.92 Å². The molecule has 0 heterocycles. The van der Waals surface area contributed by atoms with Crippen molar-refractivity contribution in [3.8, 4) is 0 Å². The highest BCUT2D eigenvalue weighted by molar-refractivity contribution is 5.80. The summed E-state index contributed by atoms with van der Waals surface area (Å²) in [5, 5.41) is 5.96. The van der Waals surface area contributed by atoms with Crippen LogP contribution in [0.4, 0.5) is 0 Å². The maximum atomic E-state index is 12.0. The second kappa shape index (κ2) is 8.32. The smallest absolute Gasteiger partial charge is 0.223 e. The summed E-state index contributed by atoms with van der Waals surface area (Å²) < 4.78 is 0. The first-order valence-corrected chi connectivity index (χ1v) is 9.36. The van der Waals surface area contributed by atoms with Gasteiger partial charge in [-0.05, 0) is 43.2 Å². The van der Waals surface area contributed by atoms with Crippen molar-refractivity contribution >= 4 is 11.8 Å². The standard InChI is InChI=1S/C20H28N2O2/c23-19(12-13-21-20(24)16-7-1-2-8-16)22-14-17-10-5-9-15-6-3-4-11-18(15)17/h3-4,6,11,16-17H,1-2,5,7-10,12-14H2,(H,21,24)(H,22,23)/t17-/m1/s1. The summed E-state index contributed by atoms with van der Waals surface area (Å²) in [6.45, 7) is 1.15. The van der Waals surface area contributed by atoms with Crippen molar-refractivity contribution in [2.75, 3.05) is 13.1 Å². The first kappa shape index (κ1) is 17.0. The van der Waals surface area contributed by atoms with Crippen molar-refractivity contribution in [3.63, 3.8) is 0 Å². The Morgan fingerprint density at radius 3 is 2.62 bits per heavy atom. The van der Waals surface area contributed by atoms with E-state index in [9.17, 15) is 9.59 Å². The van der Waals surface area contributed by atoms with E-state index in [4.69, 9.17) is 0 Å². The van der Waals surface area contributed by atoms with Gasteiger partial charge in [-0.2, -0.15) is 0 Å². The number of rotatable bonds is 6. The predicted octanol–water partition coefficient (Wildman–Crippen LogP) is 2.92. The molecule has 0 aliphatic heterocycles. The molecule has 2 N–H and O–H groups in total. The van der Waals surface area contributed by atoms with Crippen LogP contribution in [-0.2, 0) is 16.0 Å². The van der Waals surface area contributed by atoms with E-state index in [1.54, 1.807) is 0 Å². The molecule has 2 aliphatic carbocycles. The summed E-state index contributed by atoms with van der Waals surface area (Å²) in [6.07, 6.45) is 8.15. The van der Waals surface area contributed by atoms with Crippen molar-refractivity contribution in [2.45, 2.75) is 57.3 Å². The van der Waals surface area contributed by atoms with Crippen molar-refractivity contribution < 1.29 is 9.59 Å². The van der Waals surface area contributed by atoms with Gasteiger partial charge in [0, 0.05) is 31.3 Å². The molecule has 130 valence electrons. The monoisotopic (exact) mass is 328 g/mol. The number of hydrogen-bond donors (Lipinski definition) is 2. The zero-order valence-corrected chi connectivity index (χ0v) is 14.4. The van der Waals surface area contributed by atoms with E-state index in [1.165, 1.54) is 17.5 Å². The maximum Gasteiger partial charge on any atom is 0.223 e. The molecule has 24 heavy (non-hydrogen) atoms. The molecule has 0 saturated heterocycles. The topological polar surface area (TPSA) is 58.2 Å². The highest BCUT2D eigenvalue weighted by Crippen LogP contribution is 2.30. The van der Waals surface area contributed by atoms with Crippen LogP contribution < -0.4 is 10.6 Å². The molecule has 4 heteroatoms. The molecule has 1 saturated carbocycles. The number of amides is 2. The summed E-state index contributed by atoms with van der Waals surface area (Å²) in [4.78, 5) is 24.0. The predicted molar refractivity (Wildman–Crippen MR) is 94.7 cm³/mol. The van der Waals surface area contributed by atoms with Gasteiger partial charge < -0.3 is 10.6 Å². The molecular formula is C20H28N2O2. The minimum atomic E-state index is 0.0322. The van der Waals surface area contributed by atoms with Gasteiger partial charge in [-0.25, -0.2) is 0 Å². The third-order valence-corrected chi connectivity index (χ3v) is 5.42. The van der Waals surface area contributed by atoms with E-state index in [1.807, 2.05) is 0 Å². The molecule has 0 aromatic heterocycles. The second-order valence-corrected chi connectivity index (χ2v) is 7.11. The molecule has 1 fully saturated rings. The van der Waals surface area contributed by atoms with Gasteiger partial charge in [-0.15, -0.1) is 0 Å². The molecule has 1 aromatic carbocycles. The van der Waals surface area contributed by atoms with Crippen molar-refractivity contribution in [3.05, 3.63) is 35.4 Å². The maximum absolute atomic E-state index is 12.0. The van der Waals surface area contributed by atoms with Gasteiger partial charge in [0.25, 0.3) is 0 Å². The Bertz CT molecular complexity index is 579. The number of fused-ring (bicyclic) bond motifs is 1. The van der Waals surface area contributed by atoms with Gasteiger partial charge in [-0.1, -0.05) is 37.1 Å². The van der Waals surface area contributed by atoms with E-state index >= 15 is 0 Å². The number of carbonyl (C=O) groups is 2. The Labute approximate surface area is 144 Å². The molecule has 0 radical (unpaired) electrons. The molecule has 0 unspecified atom stereocenters. The van der Waals surface area contributed by atoms with Gasteiger partial charge in [0.2, 0.25) is 11.8 Å². The van der Waals surface area contributed by atoms with Gasteiger partial charge in [0.15, 0.2) is 0 Å². The highest BCUT2D eigenvalue weighted by Gasteiger charge is 2.22. The van der Waals surface area contributed by atoms with Gasteiger partial charge in [0.05, 0.1) is 0 Å². The van der Waals surface area contributed by atoms with Crippen LogP contribution in [0.5, 0.6) is 0 Å². The number of aryl methyl sites for hydroxylation is 1. The highest BCUT2D eigenvalue weighted by atomic mass is 16.2. The van der Waals surface area contributed by atoms with Crippen LogP contribution in [-0.4, -0.2) is 24.9 Å². The minimum absolute atomic E-state index is 0.0322. The quantitative estimate of drug-likeness (QED) is 0.843. The summed E-state index contributed by atoms with van der Waals surface area (Å²) in [7, 11) is 0. The SMILES string of the molecule is O=C(CCNC(=O)C1CCCC1)NC[C@H]1CCCc2ccccc21. The van der Waals surface area contributed by atoms with Gasteiger partial charge >= 0.3 is 0 Å². The normalized spacial score (nSPS) is 20.4. The number of benzene rings is 1. The lowest BCUT2D eigenvalue weighted by Crippen LogP contribution is -2.35. The van der Waals surface area contributed by atoms with Crippen LogP contribution in [0.3, 0.4) is 0 Å². The number of nitrogens with one attached hydrogen (secondary N) is 2. The van der Waals surface area contributed by atoms with E-state index < -0.39 is 0 Å². The molecule has 4 nitrogen and oxygen atoms in total. The molecular weight excluding hydrogens is 300 g/mol. The average Bonchev–Trinajstić information content (AvgIpc) is 3.14. The van der Waals surface area contributed by atoms with Crippen molar-refractivity contribution in [2.24, 2.45) is 5.92 Å². The van der Waals surface area contributed by atoms with E-state index in [-0.39, 0.29) is 17.7 Å². The minimum Gasteiger partial charge on any atom is -0.355 e. The van der Waals surface area contributed by atoms with Gasteiger partial charge in [0.1, 0.15) is 0 Å². The first-order valence-electron chi connectivity index (χ1n) is 9.36. The van der Waals surface area contributed by atoms with Crippen molar-refractivity contribution in [1.82, 2.24) is 10.6 Å². The summed E-state index contributed by atoms with van der Waals surface area (Å²) >= 11 is 0. The largest absolute Gasteiger partial charge is 0.355 e. The van der Waals surface area contributed by atoms with Crippen molar-refractivity contribution in [1.29, 1.82) is 0 Å². The van der Waals surface area contributed by atoms with Crippen LogP contribution in [0.2, 0.25) is 0 Å². The average molecular weight is 328 g/mol. The van der Waals surface area contributed by atoms with E-state index in [2.05, 4.69) is 34.9 Å². The van der Waals surface area contributed by atoms with Crippen LogP contribution in [0.1, 0.15) is 62.0 Å². The molecule has 1 atom stereocenters. The lowest BCUT2D eigenvalue weighted by molar-refractivity contribution is -0.125. The Kier molecular flexibility index (Phi) is 5.89. The molecule has 1 aromatic rings. The Hall–Kier alpha value is -1.84. The summed E-state index contributed by atoms with van der Waals surface area (Å²) in [6, 6.07) is 8.55. The zero-order valence-electron chi connectivity index (χ0n) is 14.4. The molecule has 3 rings (SSSR count). The Morgan fingerprint density at radius 1 is 1.00 bits per heavy atom. The Balaban J connectivity index is 1.38. The fraction of sp³-hybridized carbons (Fsp3) is 0.600. The van der Waals surface area contributed by atoms with Crippen LogP contribution >= 0.6 is 0 Å². The number of hydrogen-bond acceptors (Lipinski definition) is 2. The molecule has 0 bridgehead atoms. The summed E-state index contributed by atoms with van der Waals surface area (Å²) in [5.41, 5.74) is 2.81. The third kappa shape index (κ3) is 4.37. The zero-order chi connectivity index (χ0) is 16.8. The van der Waals surface area contributed by atoms with Crippen LogP contribution in [0.15, 0.2) is 24.3 Å². The van der Waals surface area contributed by atoms with E-state index in [0.29, 0.717) is 25.4 Å². The van der Waals surface area contributed by atoms with E-state index in [0.717, 1.165) is 38.5 Å².